The molecule has 0 aliphatic carbocycles. The molecule has 5 N–H and O–H groups in total. The van der Waals surface area contributed by atoms with Crippen molar-refractivity contribution < 1.29 is 63.2 Å². The molecule has 3 aliphatic rings. The molecule has 274 valence electrons. The topological polar surface area (TPSA) is 192 Å². The molecule has 3 aliphatic heterocycles. The van der Waals surface area contributed by atoms with Gasteiger partial charge in [0.15, 0.2) is 18.9 Å². The van der Waals surface area contributed by atoms with Gasteiger partial charge in [-0.05, 0) is 23.3 Å². The van der Waals surface area contributed by atoms with Gasteiger partial charge in [0, 0.05) is 12.5 Å². The van der Waals surface area contributed by atoms with E-state index in [-0.39, 0.29) is 25.5 Å². The number of fused-ring (bicyclic) bond motifs is 1. The van der Waals surface area contributed by atoms with Crippen molar-refractivity contribution in [2.24, 2.45) is 0 Å². The summed E-state index contributed by atoms with van der Waals surface area (Å²) in [7, 11) is 0. The van der Waals surface area contributed by atoms with Gasteiger partial charge in [-0.15, -0.1) is 0 Å². The van der Waals surface area contributed by atoms with Crippen LogP contribution in [-0.2, 0) is 55.8 Å². The van der Waals surface area contributed by atoms with E-state index < -0.39 is 80.3 Å². The smallest absolute Gasteiger partial charge is 0.310 e. The van der Waals surface area contributed by atoms with Crippen LogP contribution in [0.15, 0.2) is 78.9 Å². The lowest BCUT2D eigenvalue weighted by molar-refractivity contribution is -0.386. The van der Waals surface area contributed by atoms with E-state index in [4.69, 9.17) is 44.8 Å². The number of benzene rings is 3. The van der Waals surface area contributed by atoms with Crippen LogP contribution in [0, 0.1) is 0 Å². The summed E-state index contributed by atoms with van der Waals surface area (Å²) in [5.41, 5.74) is 2.35. The number of rotatable bonds is 11. The number of amides is 1. The maximum atomic E-state index is 12.8. The number of carbonyl (C=O) groups excluding carboxylic acids is 2. The fourth-order valence-electron chi connectivity index (χ4n) is 6.08. The van der Waals surface area contributed by atoms with E-state index in [1.54, 1.807) is 42.5 Å². The molecular formula is C36H40ClNO13. The molecular weight excluding hydrogens is 690 g/mol. The van der Waals surface area contributed by atoms with Crippen LogP contribution in [0.5, 0.6) is 0 Å². The summed E-state index contributed by atoms with van der Waals surface area (Å²) in [6.45, 7) is 0.766. The molecule has 0 aromatic heterocycles. The van der Waals surface area contributed by atoms with Crippen molar-refractivity contribution in [2.45, 2.75) is 87.7 Å². The second-order valence-electron chi connectivity index (χ2n) is 12.5. The molecule has 3 heterocycles. The minimum absolute atomic E-state index is 0.00893. The number of aliphatic hydroxyl groups is 4. The predicted octanol–water partition coefficient (Wildman–Crippen LogP) is 1.99. The largest absolute Gasteiger partial charge is 0.463 e. The number of esters is 1. The molecule has 1 amide bonds. The first-order valence-corrected chi connectivity index (χ1v) is 16.8. The van der Waals surface area contributed by atoms with Crippen LogP contribution in [0.2, 0.25) is 5.02 Å². The number of carbonyl (C=O) groups is 2. The zero-order valence-electron chi connectivity index (χ0n) is 27.5. The van der Waals surface area contributed by atoms with Gasteiger partial charge in [0.25, 0.3) is 0 Å². The highest BCUT2D eigenvalue weighted by atomic mass is 35.5. The normalized spacial score (nSPS) is 32.1. The van der Waals surface area contributed by atoms with Crippen LogP contribution in [0.1, 0.15) is 29.9 Å². The molecule has 3 fully saturated rings. The van der Waals surface area contributed by atoms with Crippen molar-refractivity contribution in [3.63, 3.8) is 0 Å². The van der Waals surface area contributed by atoms with Gasteiger partial charge in [0.2, 0.25) is 5.91 Å². The third-order valence-corrected chi connectivity index (χ3v) is 9.02. The molecule has 3 aromatic carbocycles. The highest BCUT2D eigenvalue weighted by molar-refractivity contribution is 6.33. The fourth-order valence-corrected chi connectivity index (χ4v) is 6.25. The lowest BCUT2D eigenvalue weighted by Crippen LogP contribution is -2.66. The maximum Gasteiger partial charge on any atom is 0.310 e. The Labute approximate surface area is 298 Å². The van der Waals surface area contributed by atoms with E-state index in [0.717, 1.165) is 5.56 Å². The van der Waals surface area contributed by atoms with Gasteiger partial charge in [-0.25, -0.2) is 0 Å². The number of ether oxygens (including phenoxy) is 7. The van der Waals surface area contributed by atoms with Gasteiger partial charge < -0.3 is 58.9 Å². The highest BCUT2D eigenvalue weighted by Crippen LogP contribution is 2.36. The summed E-state index contributed by atoms with van der Waals surface area (Å²) in [5.74, 6) is -0.917. The second-order valence-corrected chi connectivity index (χ2v) is 12.9. The Morgan fingerprint density at radius 2 is 1.55 bits per heavy atom. The van der Waals surface area contributed by atoms with E-state index in [1.165, 1.54) is 6.92 Å². The summed E-state index contributed by atoms with van der Waals surface area (Å²) in [6, 6.07) is 22.8. The zero-order chi connectivity index (χ0) is 36.1. The molecule has 0 spiro atoms. The molecule has 14 nitrogen and oxygen atoms in total. The van der Waals surface area contributed by atoms with Crippen molar-refractivity contribution in [1.29, 1.82) is 0 Å². The van der Waals surface area contributed by atoms with Crippen LogP contribution in [0.4, 0.5) is 5.69 Å². The van der Waals surface area contributed by atoms with Crippen molar-refractivity contribution in [3.8, 4) is 0 Å². The Balaban J connectivity index is 1.15. The summed E-state index contributed by atoms with van der Waals surface area (Å²) in [4.78, 5) is 24.4. The number of hydrogen-bond donors (Lipinski definition) is 5. The van der Waals surface area contributed by atoms with Crippen molar-refractivity contribution in [2.75, 3.05) is 18.5 Å². The van der Waals surface area contributed by atoms with E-state index >= 15 is 0 Å². The maximum absolute atomic E-state index is 12.8. The van der Waals surface area contributed by atoms with Crippen LogP contribution in [0.25, 0.3) is 0 Å². The van der Waals surface area contributed by atoms with Gasteiger partial charge in [-0.1, -0.05) is 78.3 Å². The molecule has 51 heavy (non-hydrogen) atoms. The van der Waals surface area contributed by atoms with Crippen LogP contribution < -0.4 is 5.32 Å². The van der Waals surface area contributed by atoms with E-state index in [1.807, 2.05) is 36.4 Å². The SMILES string of the molecule is CC(=O)Nc1cc(CO[C@@H]2O[C@H](COC(=O)Cc3ccccc3)[C@@H](O[C@H]3O[C@@H]4COC(c5ccccc5)O[C@H]4[C@H](O)[C@H]3O)[C@H](O)[C@H]2O)ccc1Cl. The molecule has 0 bridgehead atoms. The second kappa shape index (κ2) is 16.9. The van der Waals surface area contributed by atoms with Crippen LogP contribution >= 0.6 is 11.6 Å². The number of nitrogens with one attached hydrogen (secondary N) is 1. The summed E-state index contributed by atoms with van der Waals surface area (Å²) < 4.78 is 41.1. The number of halogens is 1. The van der Waals surface area contributed by atoms with E-state index in [2.05, 4.69) is 5.32 Å². The molecule has 11 atom stereocenters. The predicted molar refractivity (Wildman–Crippen MR) is 178 cm³/mol. The molecule has 3 aromatic rings. The molecule has 15 heteroatoms. The number of anilines is 1. The Morgan fingerprint density at radius 3 is 2.27 bits per heavy atom. The van der Waals surface area contributed by atoms with E-state index in [9.17, 15) is 30.0 Å². The average Bonchev–Trinajstić information content (AvgIpc) is 3.13. The molecule has 3 saturated heterocycles. The first-order valence-electron chi connectivity index (χ1n) is 16.4. The monoisotopic (exact) mass is 729 g/mol. The van der Waals surface area contributed by atoms with Gasteiger partial charge in [0.1, 0.15) is 55.4 Å². The molecule has 6 rings (SSSR count). The van der Waals surface area contributed by atoms with Crippen molar-refractivity contribution >= 4 is 29.2 Å². The highest BCUT2D eigenvalue weighted by Gasteiger charge is 2.53. The zero-order valence-corrected chi connectivity index (χ0v) is 28.3. The van der Waals surface area contributed by atoms with Crippen molar-refractivity contribution in [3.05, 3.63) is 101 Å². The number of aliphatic hydroxyl groups excluding tert-OH is 4. The quantitative estimate of drug-likeness (QED) is 0.180. The molecule has 0 radical (unpaired) electrons. The fraction of sp³-hybridized carbons (Fsp3) is 0.444. The van der Waals surface area contributed by atoms with Gasteiger partial charge in [-0.2, -0.15) is 0 Å². The summed E-state index contributed by atoms with van der Waals surface area (Å²) in [6.07, 6.45) is -14.8. The third kappa shape index (κ3) is 9.11. The van der Waals surface area contributed by atoms with Crippen molar-refractivity contribution in [1.82, 2.24) is 0 Å². The van der Waals surface area contributed by atoms with Crippen LogP contribution in [0.3, 0.4) is 0 Å². The Bertz CT molecular complexity index is 1620. The van der Waals surface area contributed by atoms with Gasteiger partial charge in [-0.3, -0.25) is 9.59 Å². The lowest BCUT2D eigenvalue weighted by atomic mass is 9.96. The molecule has 0 saturated carbocycles. The van der Waals surface area contributed by atoms with Crippen LogP contribution in [-0.4, -0.2) is 107 Å². The Morgan fingerprint density at radius 1 is 0.843 bits per heavy atom. The summed E-state index contributed by atoms with van der Waals surface area (Å²) in [5, 5.41) is 47.6. The minimum atomic E-state index is -1.70. The summed E-state index contributed by atoms with van der Waals surface area (Å²) >= 11 is 6.18. The van der Waals surface area contributed by atoms with Gasteiger partial charge in [0.05, 0.1) is 30.3 Å². The first kappa shape index (κ1) is 37.3. The average molecular weight is 730 g/mol. The van der Waals surface area contributed by atoms with Gasteiger partial charge >= 0.3 is 5.97 Å². The number of hydrogen-bond acceptors (Lipinski definition) is 13. The standard InChI is InChI=1S/C36H40ClNO13/c1-19(39)38-24-14-21(12-13-23(24)37)16-46-35-30(43)28(41)33(25(48-35)17-45-27(40)15-20-8-4-2-5-9-20)51-36-31(44)29(42)32-26(49-36)18-47-34(50-32)22-10-6-3-7-11-22/h2-14,25-26,28-36,41-44H,15-18H2,1H3,(H,38,39)/t25-,26-,28-,29-,30-,31-,32-,33-,34?,35-,36-/m1/s1. The van der Waals surface area contributed by atoms with E-state index in [0.29, 0.717) is 21.8 Å². The third-order valence-electron chi connectivity index (χ3n) is 8.69. The Hall–Kier alpha value is -3.51. The molecule has 1 unspecified atom stereocenters. The minimum Gasteiger partial charge on any atom is -0.463 e. The first-order chi connectivity index (χ1) is 24.6. The Kier molecular flexibility index (Phi) is 12.3. The lowest BCUT2D eigenvalue weighted by Gasteiger charge is -2.48.